The third kappa shape index (κ3) is 5.16. The van der Waals surface area contributed by atoms with E-state index >= 15 is 0 Å². The van der Waals surface area contributed by atoms with Gasteiger partial charge in [0.05, 0.1) is 5.92 Å². The van der Waals surface area contributed by atoms with Crippen LogP contribution in [0.25, 0.3) is 0 Å². The van der Waals surface area contributed by atoms with Gasteiger partial charge in [-0.1, -0.05) is 40.0 Å². The Morgan fingerprint density at radius 3 is 2.33 bits per heavy atom. The van der Waals surface area contributed by atoms with Crippen LogP contribution < -0.4 is 0 Å². The van der Waals surface area contributed by atoms with Gasteiger partial charge < -0.3 is 5.11 Å². The van der Waals surface area contributed by atoms with Gasteiger partial charge in [0.25, 0.3) is 0 Å². The van der Waals surface area contributed by atoms with Crippen molar-refractivity contribution >= 4 is 5.97 Å². The summed E-state index contributed by atoms with van der Waals surface area (Å²) in [7, 11) is 0. The molecule has 0 aliphatic rings. The number of hydrogen-bond donors (Lipinski definition) is 1. The molecule has 0 aromatic rings. The molecule has 0 radical (unpaired) electrons. The molecule has 2 nitrogen and oxygen atoms in total. The first-order valence-electron chi connectivity index (χ1n) is 4.80. The van der Waals surface area contributed by atoms with E-state index in [1.165, 1.54) is 6.42 Å². The van der Waals surface area contributed by atoms with Gasteiger partial charge in [-0.3, -0.25) is 4.79 Å². The van der Waals surface area contributed by atoms with E-state index in [2.05, 4.69) is 13.8 Å². The highest BCUT2D eigenvalue weighted by Gasteiger charge is 2.10. The first kappa shape index (κ1) is 11.5. The van der Waals surface area contributed by atoms with E-state index in [0.29, 0.717) is 0 Å². The fourth-order valence-corrected chi connectivity index (χ4v) is 1.10. The molecule has 0 aliphatic heterocycles. The topological polar surface area (TPSA) is 37.3 Å². The highest BCUT2D eigenvalue weighted by atomic mass is 16.4. The lowest BCUT2D eigenvalue weighted by molar-refractivity contribution is -0.141. The van der Waals surface area contributed by atoms with Crippen molar-refractivity contribution in [2.45, 2.75) is 46.5 Å². The fourth-order valence-electron chi connectivity index (χ4n) is 1.10. The van der Waals surface area contributed by atoms with Crippen LogP contribution in [-0.4, -0.2) is 11.1 Å². The molecule has 2 heteroatoms. The zero-order valence-corrected chi connectivity index (χ0v) is 8.34. The van der Waals surface area contributed by atoms with Gasteiger partial charge in [-0.2, -0.15) is 0 Å². The van der Waals surface area contributed by atoms with Crippen molar-refractivity contribution < 1.29 is 9.90 Å². The minimum Gasteiger partial charge on any atom is -0.481 e. The summed E-state index contributed by atoms with van der Waals surface area (Å²) < 4.78 is 0. The van der Waals surface area contributed by atoms with Crippen LogP contribution in [0.15, 0.2) is 0 Å². The Kier molecular flexibility index (Phi) is 5.77. The monoisotopic (exact) mass is 172 g/mol. The molecule has 0 fully saturated rings. The largest absolute Gasteiger partial charge is 0.481 e. The van der Waals surface area contributed by atoms with Gasteiger partial charge in [0, 0.05) is 0 Å². The van der Waals surface area contributed by atoms with Crippen molar-refractivity contribution in [1.29, 1.82) is 0 Å². The highest BCUT2D eigenvalue weighted by molar-refractivity contribution is 5.69. The van der Waals surface area contributed by atoms with Crippen LogP contribution in [0.4, 0.5) is 0 Å². The van der Waals surface area contributed by atoms with Crippen LogP contribution in [0.3, 0.4) is 0 Å². The maximum absolute atomic E-state index is 10.4. The Labute approximate surface area is 75.0 Å². The third-order valence-electron chi connectivity index (χ3n) is 2.45. The maximum Gasteiger partial charge on any atom is 0.306 e. The normalized spacial score (nSPS) is 15.6. The molecule has 0 aromatic heterocycles. The molecule has 0 aliphatic carbocycles. The van der Waals surface area contributed by atoms with E-state index in [0.717, 1.165) is 25.2 Å². The summed E-state index contributed by atoms with van der Waals surface area (Å²) in [5, 5.41) is 8.60. The van der Waals surface area contributed by atoms with Gasteiger partial charge >= 0.3 is 5.97 Å². The van der Waals surface area contributed by atoms with E-state index in [-0.39, 0.29) is 5.92 Å². The number of carbonyl (C=O) groups is 1. The number of carboxylic acid groups (broad SMARTS) is 1. The number of aliphatic carboxylic acids is 1. The molecule has 0 saturated carbocycles. The smallest absolute Gasteiger partial charge is 0.306 e. The minimum atomic E-state index is -0.667. The fraction of sp³-hybridized carbons (Fsp3) is 0.900. The van der Waals surface area contributed by atoms with Crippen LogP contribution in [0.2, 0.25) is 0 Å². The average Bonchev–Trinajstić information content (AvgIpc) is 2.03. The summed E-state index contributed by atoms with van der Waals surface area (Å²) >= 11 is 0. The third-order valence-corrected chi connectivity index (χ3v) is 2.45. The number of carboxylic acids is 1. The highest BCUT2D eigenvalue weighted by Crippen LogP contribution is 2.14. The predicted octanol–water partition coefficient (Wildman–Crippen LogP) is 2.92. The Hall–Kier alpha value is -0.530. The van der Waals surface area contributed by atoms with Crippen molar-refractivity contribution in [3.05, 3.63) is 0 Å². The Morgan fingerprint density at radius 2 is 1.92 bits per heavy atom. The summed E-state index contributed by atoms with van der Waals surface area (Å²) in [5.41, 5.74) is 0. The number of rotatable bonds is 6. The predicted molar refractivity (Wildman–Crippen MR) is 50.1 cm³/mol. The van der Waals surface area contributed by atoms with Crippen molar-refractivity contribution in [1.82, 2.24) is 0 Å². The molecule has 0 saturated heterocycles. The second-order valence-corrected chi connectivity index (χ2v) is 3.68. The lowest BCUT2D eigenvalue weighted by atomic mass is 9.97. The van der Waals surface area contributed by atoms with Crippen LogP contribution in [-0.2, 0) is 4.79 Å². The Balaban J connectivity index is 3.37. The van der Waals surface area contributed by atoms with E-state index < -0.39 is 5.97 Å². The van der Waals surface area contributed by atoms with Crippen LogP contribution >= 0.6 is 0 Å². The van der Waals surface area contributed by atoms with Crippen molar-refractivity contribution in [3.8, 4) is 0 Å². The van der Waals surface area contributed by atoms with Gasteiger partial charge in [-0.05, 0) is 12.3 Å². The van der Waals surface area contributed by atoms with Crippen molar-refractivity contribution in [2.75, 3.05) is 0 Å². The standard InChI is InChI=1S/C10H20O2/c1-4-8(2)6-5-7-9(3)10(11)12/h8-9H,4-7H2,1-3H3,(H,11,12)/t8-,9+/m0/s1. The molecule has 0 amide bonds. The van der Waals surface area contributed by atoms with Crippen LogP contribution in [0.1, 0.15) is 46.5 Å². The molecular weight excluding hydrogens is 152 g/mol. The molecule has 72 valence electrons. The summed E-state index contributed by atoms with van der Waals surface area (Å²) in [5.74, 6) is -0.0980. The molecule has 12 heavy (non-hydrogen) atoms. The minimum absolute atomic E-state index is 0.172. The van der Waals surface area contributed by atoms with E-state index in [9.17, 15) is 4.79 Å². The Bertz CT molecular complexity index is 132. The summed E-state index contributed by atoms with van der Waals surface area (Å²) in [6.07, 6.45) is 4.22. The molecule has 2 atom stereocenters. The number of hydrogen-bond acceptors (Lipinski definition) is 1. The zero-order valence-electron chi connectivity index (χ0n) is 8.34. The molecule has 0 unspecified atom stereocenters. The lowest BCUT2D eigenvalue weighted by Gasteiger charge is -2.09. The van der Waals surface area contributed by atoms with Crippen LogP contribution in [0, 0.1) is 11.8 Å². The Morgan fingerprint density at radius 1 is 1.33 bits per heavy atom. The van der Waals surface area contributed by atoms with Gasteiger partial charge in [-0.25, -0.2) is 0 Å². The SMILES string of the molecule is CC[C@H](C)CCC[C@@H](C)C(=O)O. The van der Waals surface area contributed by atoms with Gasteiger partial charge in [0.2, 0.25) is 0 Å². The second-order valence-electron chi connectivity index (χ2n) is 3.68. The first-order chi connectivity index (χ1) is 5.57. The van der Waals surface area contributed by atoms with Crippen LogP contribution in [0.5, 0.6) is 0 Å². The maximum atomic E-state index is 10.4. The zero-order chi connectivity index (χ0) is 9.56. The van der Waals surface area contributed by atoms with E-state index in [4.69, 9.17) is 5.11 Å². The molecule has 0 heterocycles. The van der Waals surface area contributed by atoms with Gasteiger partial charge in [0.15, 0.2) is 0 Å². The van der Waals surface area contributed by atoms with Crippen molar-refractivity contribution in [2.24, 2.45) is 11.8 Å². The van der Waals surface area contributed by atoms with Gasteiger partial charge in [-0.15, -0.1) is 0 Å². The van der Waals surface area contributed by atoms with E-state index in [1.807, 2.05) is 0 Å². The summed E-state index contributed by atoms with van der Waals surface area (Å²) in [4.78, 5) is 10.4. The second kappa shape index (κ2) is 6.04. The summed E-state index contributed by atoms with van der Waals surface area (Å²) in [6.45, 7) is 6.16. The lowest BCUT2D eigenvalue weighted by Crippen LogP contribution is -2.09. The molecule has 0 bridgehead atoms. The summed E-state index contributed by atoms with van der Waals surface area (Å²) in [6, 6.07) is 0. The average molecular weight is 172 g/mol. The molecule has 0 rings (SSSR count). The van der Waals surface area contributed by atoms with E-state index in [1.54, 1.807) is 6.92 Å². The molecular formula is C10H20O2. The first-order valence-corrected chi connectivity index (χ1v) is 4.80. The van der Waals surface area contributed by atoms with Gasteiger partial charge in [0.1, 0.15) is 0 Å². The molecule has 1 N–H and O–H groups in total. The molecule has 0 spiro atoms. The quantitative estimate of drug-likeness (QED) is 0.668. The molecule has 0 aromatic carbocycles. The van der Waals surface area contributed by atoms with Crippen molar-refractivity contribution in [3.63, 3.8) is 0 Å².